The standard InChI is InChI=1S/CH3O4PS.3Na/c2-1(7)6(3,4)5;;;/h(H,2,7)(H2,3,4,5);;;/q;3*+1/p-3. The molecule has 0 saturated heterocycles. The number of carbonyl (C=O) groups is 1. The monoisotopic (exact) mass is 208 g/mol. The molecule has 0 aliphatic rings. The molecule has 0 radical (unpaired) electrons. The van der Waals surface area contributed by atoms with E-state index in [1.807, 2.05) is 0 Å². The summed E-state index contributed by atoms with van der Waals surface area (Å²) in [4.78, 5) is 26.4. The first-order chi connectivity index (χ1) is 2.94. The van der Waals surface area contributed by atoms with Gasteiger partial charge in [0.1, 0.15) is 0 Å². The first-order valence-electron chi connectivity index (χ1n) is 1.18. The summed E-state index contributed by atoms with van der Waals surface area (Å²) in [5, 5.41) is 0. The quantitative estimate of drug-likeness (QED) is 0.243. The Hall–Kier alpha value is 3.04. The summed E-state index contributed by atoms with van der Waals surface area (Å²) in [6.07, 6.45) is 0. The van der Waals surface area contributed by atoms with E-state index >= 15 is 0 Å². The van der Waals surface area contributed by atoms with Gasteiger partial charge in [-0.15, -0.1) is 0 Å². The van der Waals surface area contributed by atoms with E-state index in [1.54, 1.807) is 0 Å². The molecule has 0 heterocycles. The summed E-state index contributed by atoms with van der Waals surface area (Å²) in [6, 6.07) is 0. The summed E-state index contributed by atoms with van der Waals surface area (Å²) >= 11 is 3.49. The van der Waals surface area contributed by atoms with Gasteiger partial charge in [-0.25, -0.2) is 0 Å². The van der Waals surface area contributed by atoms with Crippen LogP contribution in [0.3, 0.4) is 0 Å². The van der Waals surface area contributed by atoms with E-state index in [0.29, 0.717) is 0 Å². The summed E-state index contributed by atoms with van der Waals surface area (Å²) in [6.45, 7) is 0. The predicted octanol–water partition coefficient (Wildman–Crippen LogP) is -10.4. The van der Waals surface area contributed by atoms with Crippen LogP contribution in [0.4, 0.5) is 4.79 Å². The zero-order chi connectivity index (χ0) is 6.08. The van der Waals surface area contributed by atoms with Gasteiger partial charge in [0, 0.05) is 4.86 Å². The molecule has 0 bridgehead atoms. The van der Waals surface area contributed by atoms with Crippen molar-refractivity contribution < 1.29 is 108 Å². The van der Waals surface area contributed by atoms with Crippen molar-refractivity contribution in [3.63, 3.8) is 0 Å². The molecule has 0 aliphatic carbocycles. The van der Waals surface area contributed by atoms with E-state index in [9.17, 15) is 19.1 Å². The largest absolute Gasteiger partial charge is 1.00 e. The molecule has 9 heteroatoms. The summed E-state index contributed by atoms with van der Waals surface area (Å²) in [5.41, 5.74) is 0. The Kier molecular flexibility index (Phi) is 23.4. The van der Waals surface area contributed by atoms with Gasteiger partial charge < -0.3 is 31.8 Å². The molecule has 0 aromatic heterocycles. The van der Waals surface area contributed by atoms with Crippen LogP contribution in [-0.4, -0.2) is 4.86 Å². The SMILES string of the molecule is O=C([S-])P(=O)([O-])[O-].[Na+].[Na+].[Na+]. The van der Waals surface area contributed by atoms with Gasteiger partial charge in [-0.1, -0.05) is 0 Å². The molecule has 0 fully saturated rings. The Bertz CT molecular complexity index is 132. The van der Waals surface area contributed by atoms with Gasteiger partial charge in [0.05, 0.1) is 0 Å². The average molecular weight is 208 g/mol. The normalized spacial score (nSPS) is 7.80. The Balaban J connectivity index is -0.0000000600. The maximum Gasteiger partial charge on any atom is 1.00 e. The van der Waals surface area contributed by atoms with Crippen molar-refractivity contribution in [3.8, 4) is 0 Å². The number of hydrogen-bond acceptors (Lipinski definition) is 5. The van der Waals surface area contributed by atoms with Gasteiger partial charge in [-0.05, 0) is 7.60 Å². The first-order valence-corrected chi connectivity index (χ1v) is 3.13. The third-order valence-corrected chi connectivity index (χ3v) is 1.34. The Morgan fingerprint density at radius 1 is 1.20 bits per heavy atom. The van der Waals surface area contributed by atoms with Crippen molar-refractivity contribution in [2.24, 2.45) is 0 Å². The van der Waals surface area contributed by atoms with E-state index in [-0.39, 0.29) is 88.7 Å². The Morgan fingerprint density at radius 2 is 1.30 bits per heavy atom. The smallest absolute Gasteiger partial charge is 0.807 e. The minimum atomic E-state index is -5.06. The number of carbonyl (C=O) groups excluding carboxylic acids is 1. The van der Waals surface area contributed by atoms with Crippen LogP contribution in [0.2, 0.25) is 0 Å². The van der Waals surface area contributed by atoms with Crippen LogP contribution in [0.1, 0.15) is 0 Å². The fourth-order valence-electron chi connectivity index (χ4n) is 0. The topological polar surface area (TPSA) is 80.3 Å². The first kappa shape index (κ1) is 23.1. The van der Waals surface area contributed by atoms with Crippen LogP contribution < -0.4 is 98.5 Å². The van der Waals surface area contributed by atoms with Crippen LogP contribution in [0.5, 0.6) is 0 Å². The van der Waals surface area contributed by atoms with Crippen molar-refractivity contribution >= 4 is 25.1 Å². The minimum Gasteiger partial charge on any atom is -0.807 e. The van der Waals surface area contributed by atoms with Crippen LogP contribution in [-0.2, 0) is 17.2 Å². The molecule has 0 rings (SSSR count). The van der Waals surface area contributed by atoms with Crippen molar-refractivity contribution in [1.29, 1.82) is 0 Å². The van der Waals surface area contributed by atoms with Gasteiger partial charge in [-0.2, -0.15) is 0 Å². The molecule has 0 aliphatic heterocycles. The maximum atomic E-state index is 9.39. The number of rotatable bonds is 1. The van der Waals surface area contributed by atoms with Crippen LogP contribution in [0, 0.1) is 0 Å². The van der Waals surface area contributed by atoms with Crippen LogP contribution in [0.25, 0.3) is 0 Å². The van der Waals surface area contributed by atoms with Crippen molar-refractivity contribution in [2.45, 2.75) is 0 Å². The van der Waals surface area contributed by atoms with Crippen LogP contribution in [0.15, 0.2) is 0 Å². The third kappa shape index (κ3) is 13.6. The van der Waals surface area contributed by atoms with E-state index in [1.165, 1.54) is 0 Å². The molecule has 0 saturated carbocycles. The molecule has 0 amide bonds. The molecule has 0 aromatic rings. The third-order valence-electron chi connectivity index (χ3n) is 0.224. The van der Waals surface area contributed by atoms with E-state index in [4.69, 9.17) is 0 Å². The molecule has 0 N–H and O–H groups in total. The van der Waals surface area contributed by atoms with Gasteiger partial charge >= 0.3 is 88.7 Å². The average Bonchev–Trinajstić information content (AvgIpc) is 1.31. The Morgan fingerprint density at radius 3 is 1.30 bits per heavy atom. The molecular formula is CNa3O4PS. The summed E-state index contributed by atoms with van der Waals surface area (Å²) in [5.74, 6) is 0. The minimum absolute atomic E-state index is 0. The predicted molar refractivity (Wildman–Crippen MR) is 20.4 cm³/mol. The molecule has 0 atom stereocenters. The second-order valence-electron chi connectivity index (χ2n) is 0.763. The fraction of sp³-hybridized carbons (Fsp3) is 0. The zero-order valence-corrected chi connectivity index (χ0v) is 13.7. The summed E-state index contributed by atoms with van der Waals surface area (Å²) < 4.78 is 9.35. The van der Waals surface area contributed by atoms with Crippen molar-refractivity contribution in [3.05, 3.63) is 0 Å². The zero-order valence-electron chi connectivity index (χ0n) is 5.99. The van der Waals surface area contributed by atoms with Crippen molar-refractivity contribution in [1.82, 2.24) is 0 Å². The Labute approximate surface area is 130 Å². The van der Waals surface area contributed by atoms with Gasteiger partial charge in [0.25, 0.3) is 0 Å². The maximum absolute atomic E-state index is 9.39. The molecule has 42 valence electrons. The van der Waals surface area contributed by atoms with Crippen molar-refractivity contribution in [2.75, 3.05) is 0 Å². The van der Waals surface area contributed by atoms with Crippen LogP contribution >= 0.6 is 7.60 Å². The fourth-order valence-corrected chi connectivity index (χ4v) is 0. The second-order valence-corrected chi connectivity index (χ2v) is 2.84. The number of hydrogen-bond donors (Lipinski definition) is 0. The summed E-state index contributed by atoms with van der Waals surface area (Å²) in [7, 11) is -5.06. The molecular weight excluding hydrogens is 208 g/mol. The van der Waals surface area contributed by atoms with E-state index in [0.717, 1.165) is 0 Å². The molecule has 4 nitrogen and oxygen atoms in total. The molecule has 0 unspecified atom stereocenters. The van der Waals surface area contributed by atoms with E-state index < -0.39 is 12.5 Å². The molecule has 0 aromatic carbocycles. The molecule has 0 spiro atoms. The van der Waals surface area contributed by atoms with Gasteiger partial charge in [0.15, 0.2) is 0 Å². The van der Waals surface area contributed by atoms with Gasteiger partial charge in [-0.3, -0.25) is 0 Å². The van der Waals surface area contributed by atoms with Gasteiger partial charge in [0.2, 0.25) is 0 Å². The second kappa shape index (κ2) is 10.1. The van der Waals surface area contributed by atoms with E-state index in [2.05, 4.69) is 12.6 Å². The molecule has 10 heavy (non-hydrogen) atoms.